The van der Waals surface area contributed by atoms with E-state index in [-0.39, 0.29) is 23.4 Å². The van der Waals surface area contributed by atoms with Gasteiger partial charge in [0.05, 0.1) is 28.1 Å². The summed E-state index contributed by atoms with van der Waals surface area (Å²) in [5.74, 6) is -2.22. The molecule has 0 aromatic heterocycles. The number of nitro benzene ring substituents is 1. The number of dihydropyridines is 1. The van der Waals surface area contributed by atoms with Crippen LogP contribution in [0.1, 0.15) is 50.8 Å². The van der Waals surface area contributed by atoms with Crippen molar-refractivity contribution in [3.63, 3.8) is 0 Å². The van der Waals surface area contributed by atoms with Gasteiger partial charge in [-0.2, -0.15) is 0 Å². The maximum atomic E-state index is 13.5. The molecule has 1 unspecified atom stereocenters. The molecule has 1 N–H and O–H groups in total. The third-order valence-corrected chi connectivity index (χ3v) is 5.78. The molecule has 9 heteroatoms. The number of allylic oxidation sites excluding steroid dienone is 2. The maximum absolute atomic E-state index is 13.5. The molecule has 0 amide bonds. The first-order valence-corrected chi connectivity index (χ1v) is 11.5. The van der Waals surface area contributed by atoms with Crippen molar-refractivity contribution in [2.75, 3.05) is 13.7 Å². The number of nitrogens with zero attached hydrogens (tertiary/aromatic N) is 1. The lowest BCUT2D eigenvalue weighted by Crippen LogP contribution is -2.33. The minimum atomic E-state index is -0.928. The van der Waals surface area contributed by atoms with Crippen molar-refractivity contribution in [2.24, 2.45) is 0 Å². The second-order valence-electron chi connectivity index (χ2n) is 8.68. The highest BCUT2D eigenvalue weighted by Gasteiger charge is 2.39. The second kappa shape index (κ2) is 11.6. The Hall–Kier alpha value is -3.98. The van der Waals surface area contributed by atoms with Gasteiger partial charge in [-0.15, -0.1) is 0 Å². The van der Waals surface area contributed by atoms with Gasteiger partial charge < -0.3 is 19.5 Å². The number of nitrogens with one attached hydrogen (secondary N) is 1. The Morgan fingerprint density at radius 1 is 1.00 bits per heavy atom. The van der Waals surface area contributed by atoms with E-state index in [0.717, 1.165) is 5.56 Å². The number of benzene rings is 2. The predicted octanol–water partition coefficient (Wildman–Crippen LogP) is 4.71. The number of rotatable bonds is 9. The van der Waals surface area contributed by atoms with Crippen molar-refractivity contribution in [1.29, 1.82) is 0 Å². The molecule has 0 radical (unpaired) electrons. The standard InChI is InChI=1S/C27H30N2O7/c1-16(2)36-27(31)24-18(4)28-17(3)23(25(24)20-12-9-13-21(14-20)29(32)33)26(30)35-15-22(34-5)19-10-7-6-8-11-19/h6-14,16,22,25,28H,15H2,1-5H3/t22-,25?/m0/s1. The highest BCUT2D eigenvalue weighted by atomic mass is 16.6. The molecule has 0 aliphatic carbocycles. The molecule has 3 rings (SSSR count). The van der Waals surface area contributed by atoms with Gasteiger partial charge in [-0.25, -0.2) is 9.59 Å². The van der Waals surface area contributed by atoms with Gasteiger partial charge in [0.1, 0.15) is 12.7 Å². The summed E-state index contributed by atoms with van der Waals surface area (Å²) < 4.78 is 16.6. The molecular formula is C27H30N2O7. The summed E-state index contributed by atoms with van der Waals surface area (Å²) in [7, 11) is 1.52. The van der Waals surface area contributed by atoms with Crippen LogP contribution in [0.2, 0.25) is 0 Å². The summed E-state index contributed by atoms with van der Waals surface area (Å²) in [6, 6.07) is 15.2. The third-order valence-electron chi connectivity index (χ3n) is 5.78. The van der Waals surface area contributed by atoms with E-state index < -0.39 is 35.0 Å². The van der Waals surface area contributed by atoms with Gasteiger partial charge in [0.25, 0.3) is 5.69 Å². The lowest BCUT2D eigenvalue weighted by molar-refractivity contribution is -0.384. The van der Waals surface area contributed by atoms with E-state index in [0.29, 0.717) is 17.0 Å². The lowest BCUT2D eigenvalue weighted by atomic mass is 9.80. The molecule has 1 heterocycles. The number of non-ortho nitro benzene ring substituents is 1. The van der Waals surface area contributed by atoms with E-state index in [2.05, 4.69) is 5.32 Å². The summed E-state index contributed by atoms with van der Waals surface area (Å²) >= 11 is 0. The van der Waals surface area contributed by atoms with E-state index in [1.54, 1.807) is 33.8 Å². The first-order valence-electron chi connectivity index (χ1n) is 11.5. The van der Waals surface area contributed by atoms with Crippen molar-refractivity contribution in [2.45, 2.75) is 45.8 Å². The summed E-state index contributed by atoms with van der Waals surface area (Å²) in [6.07, 6.45) is -0.897. The molecule has 0 spiro atoms. The van der Waals surface area contributed by atoms with Crippen LogP contribution >= 0.6 is 0 Å². The van der Waals surface area contributed by atoms with E-state index in [1.807, 2.05) is 30.3 Å². The van der Waals surface area contributed by atoms with Crippen LogP contribution in [0.3, 0.4) is 0 Å². The lowest BCUT2D eigenvalue weighted by Gasteiger charge is -2.31. The molecule has 2 aromatic carbocycles. The fourth-order valence-electron chi connectivity index (χ4n) is 4.16. The average molecular weight is 495 g/mol. The molecule has 0 fully saturated rings. The number of methoxy groups -OCH3 is 1. The molecule has 1 aliphatic heterocycles. The van der Waals surface area contributed by atoms with Crippen molar-refractivity contribution >= 4 is 17.6 Å². The normalized spacial score (nSPS) is 16.4. The second-order valence-corrected chi connectivity index (χ2v) is 8.68. The fourth-order valence-corrected chi connectivity index (χ4v) is 4.16. The van der Waals surface area contributed by atoms with Gasteiger partial charge in [0.2, 0.25) is 0 Å². The summed E-state index contributed by atoms with van der Waals surface area (Å²) in [5.41, 5.74) is 2.40. The van der Waals surface area contributed by atoms with E-state index >= 15 is 0 Å². The van der Waals surface area contributed by atoms with Crippen LogP contribution in [0.15, 0.2) is 77.1 Å². The van der Waals surface area contributed by atoms with E-state index in [1.165, 1.54) is 25.3 Å². The molecule has 190 valence electrons. The first-order chi connectivity index (χ1) is 17.1. The van der Waals surface area contributed by atoms with Crippen LogP contribution in [0.5, 0.6) is 0 Å². The average Bonchev–Trinajstić information content (AvgIpc) is 2.84. The van der Waals surface area contributed by atoms with Gasteiger partial charge in [-0.1, -0.05) is 42.5 Å². The molecule has 1 aliphatic rings. The zero-order valence-corrected chi connectivity index (χ0v) is 20.9. The highest BCUT2D eigenvalue weighted by Crippen LogP contribution is 2.40. The van der Waals surface area contributed by atoms with Crippen LogP contribution in [0.4, 0.5) is 5.69 Å². The fraction of sp³-hybridized carbons (Fsp3) is 0.333. The Morgan fingerprint density at radius 3 is 2.22 bits per heavy atom. The number of carbonyl (C=O) groups excluding carboxylic acids is 2. The summed E-state index contributed by atoms with van der Waals surface area (Å²) in [4.78, 5) is 37.6. The Balaban J connectivity index is 2.01. The molecule has 2 aromatic rings. The molecule has 36 heavy (non-hydrogen) atoms. The number of ether oxygens (including phenoxy) is 3. The number of hydrogen-bond acceptors (Lipinski definition) is 8. The molecule has 9 nitrogen and oxygen atoms in total. The molecule has 0 saturated carbocycles. The largest absolute Gasteiger partial charge is 0.460 e. The van der Waals surface area contributed by atoms with E-state index in [4.69, 9.17) is 14.2 Å². The van der Waals surface area contributed by atoms with Crippen LogP contribution in [-0.4, -0.2) is 36.7 Å². The van der Waals surface area contributed by atoms with Crippen molar-refractivity contribution in [3.05, 3.63) is 98.4 Å². The molecular weight excluding hydrogens is 464 g/mol. The van der Waals surface area contributed by atoms with Crippen molar-refractivity contribution < 1.29 is 28.7 Å². The number of hydrogen-bond donors (Lipinski definition) is 1. The molecule has 2 atom stereocenters. The van der Waals surface area contributed by atoms with Gasteiger partial charge in [-0.05, 0) is 38.8 Å². The Bertz CT molecular complexity index is 1200. The topological polar surface area (TPSA) is 117 Å². The number of esters is 2. The van der Waals surface area contributed by atoms with Crippen molar-refractivity contribution in [1.82, 2.24) is 5.32 Å². The Morgan fingerprint density at radius 2 is 1.64 bits per heavy atom. The summed E-state index contributed by atoms with van der Waals surface area (Å²) in [5, 5.41) is 14.5. The monoisotopic (exact) mass is 494 g/mol. The van der Waals surface area contributed by atoms with Gasteiger partial charge in [0, 0.05) is 30.6 Å². The quantitative estimate of drug-likeness (QED) is 0.303. The van der Waals surface area contributed by atoms with Gasteiger partial charge >= 0.3 is 11.9 Å². The number of carbonyl (C=O) groups is 2. The van der Waals surface area contributed by atoms with Crippen LogP contribution in [0, 0.1) is 10.1 Å². The predicted molar refractivity (Wildman–Crippen MR) is 133 cm³/mol. The molecule has 0 saturated heterocycles. The van der Waals surface area contributed by atoms with Crippen LogP contribution < -0.4 is 5.32 Å². The Kier molecular flexibility index (Phi) is 8.60. The van der Waals surface area contributed by atoms with Crippen molar-refractivity contribution in [3.8, 4) is 0 Å². The minimum absolute atomic E-state index is 0.0632. The zero-order valence-electron chi connectivity index (χ0n) is 20.9. The number of nitro groups is 1. The van der Waals surface area contributed by atoms with Gasteiger partial charge in [0.15, 0.2) is 0 Å². The van der Waals surface area contributed by atoms with Crippen LogP contribution in [0.25, 0.3) is 0 Å². The SMILES string of the molecule is CO[C@@H](COC(=O)C1=C(C)NC(C)=C(C(=O)OC(C)C)C1c1cccc([N+](=O)[O-])c1)c1ccccc1. The first kappa shape index (κ1) is 26.6. The smallest absolute Gasteiger partial charge is 0.337 e. The molecule has 0 bridgehead atoms. The Labute approximate surface area is 209 Å². The van der Waals surface area contributed by atoms with E-state index in [9.17, 15) is 19.7 Å². The van der Waals surface area contributed by atoms with Crippen LogP contribution in [-0.2, 0) is 23.8 Å². The summed E-state index contributed by atoms with van der Waals surface area (Å²) in [6.45, 7) is 6.77. The van der Waals surface area contributed by atoms with Gasteiger partial charge in [-0.3, -0.25) is 10.1 Å². The minimum Gasteiger partial charge on any atom is -0.460 e. The zero-order chi connectivity index (χ0) is 26.4. The highest BCUT2D eigenvalue weighted by molar-refractivity contribution is 6.00. The third kappa shape index (κ3) is 5.98. The maximum Gasteiger partial charge on any atom is 0.337 e.